The maximum atomic E-state index is 13.4. The molecule has 0 unspecified atom stereocenters. The van der Waals surface area contributed by atoms with E-state index in [4.69, 9.17) is 11.6 Å². The number of rotatable bonds is 2. The third-order valence-electron chi connectivity index (χ3n) is 3.72. The van der Waals surface area contributed by atoms with E-state index in [9.17, 15) is 9.50 Å². The van der Waals surface area contributed by atoms with Crippen molar-refractivity contribution in [3.05, 3.63) is 39.3 Å². The second-order valence-electron chi connectivity index (χ2n) is 5.22. The Morgan fingerprint density at radius 2 is 1.90 bits per heavy atom. The second kappa shape index (κ2) is 5.89. The van der Waals surface area contributed by atoms with E-state index < -0.39 is 5.82 Å². The lowest BCUT2D eigenvalue weighted by molar-refractivity contribution is 0.469. The van der Waals surface area contributed by atoms with Crippen LogP contribution in [0.4, 0.5) is 4.39 Å². The monoisotopic (exact) mass is 370 g/mol. The molecule has 1 heterocycles. The van der Waals surface area contributed by atoms with Gasteiger partial charge in [-0.2, -0.15) is 0 Å². The Kier molecular flexibility index (Phi) is 4.13. The molecule has 110 valence electrons. The molecule has 1 aliphatic rings. The zero-order valence-corrected chi connectivity index (χ0v) is 13.5. The maximum absolute atomic E-state index is 13.4. The Morgan fingerprint density at radius 3 is 2.57 bits per heavy atom. The van der Waals surface area contributed by atoms with E-state index in [2.05, 4.69) is 25.9 Å². The average molecular weight is 372 g/mol. The largest absolute Gasteiger partial charge is 0.508 e. The van der Waals surface area contributed by atoms with Gasteiger partial charge in [-0.3, -0.25) is 0 Å². The molecule has 1 aromatic heterocycles. The average Bonchev–Trinajstić information content (AvgIpc) is 2.94. The zero-order valence-electron chi connectivity index (χ0n) is 11.1. The molecule has 0 bridgehead atoms. The summed E-state index contributed by atoms with van der Waals surface area (Å²) in [6.45, 7) is 0. The summed E-state index contributed by atoms with van der Waals surface area (Å²) in [7, 11) is 0. The second-order valence-corrected chi connectivity index (χ2v) is 6.37. The number of hydrogen-bond donors (Lipinski definition) is 1. The third-order valence-corrected chi connectivity index (χ3v) is 5.00. The van der Waals surface area contributed by atoms with Crippen LogP contribution in [0.2, 0.25) is 5.15 Å². The smallest absolute Gasteiger partial charge is 0.161 e. The zero-order chi connectivity index (χ0) is 15.0. The molecular weight excluding hydrogens is 359 g/mol. The number of aromatic hydroxyl groups is 1. The molecule has 3 nitrogen and oxygen atoms in total. The van der Waals surface area contributed by atoms with Crippen molar-refractivity contribution in [2.75, 3.05) is 0 Å². The highest BCUT2D eigenvalue weighted by molar-refractivity contribution is 9.10. The lowest BCUT2D eigenvalue weighted by Crippen LogP contribution is -2.03. The summed E-state index contributed by atoms with van der Waals surface area (Å²) in [5, 5.41) is 9.83. The molecule has 0 radical (unpaired) electrons. The number of aromatic nitrogens is 2. The highest BCUT2D eigenvalue weighted by atomic mass is 79.9. The molecule has 1 saturated carbocycles. The van der Waals surface area contributed by atoms with E-state index in [-0.39, 0.29) is 5.75 Å². The minimum absolute atomic E-state index is 0.157. The summed E-state index contributed by atoms with van der Waals surface area (Å²) >= 11 is 9.62. The van der Waals surface area contributed by atoms with Gasteiger partial charge in [-0.05, 0) is 40.9 Å². The minimum atomic E-state index is -0.532. The van der Waals surface area contributed by atoms with Gasteiger partial charge in [0.25, 0.3) is 0 Å². The third kappa shape index (κ3) is 3.04. The normalized spacial score (nSPS) is 15.6. The van der Waals surface area contributed by atoms with Crippen LogP contribution in [0, 0.1) is 5.82 Å². The Hall–Kier alpha value is -1.20. The van der Waals surface area contributed by atoms with Crippen LogP contribution in [0.3, 0.4) is 0 Å². The topological polar surface area (TPSA) is 46.0 Å². The van der Waals surface area contributed by atoms with E-state index in [0.29, 0.717) is 26.9 Å². The van der Waals surface area contributed by atoms with E-state index in [1.165, 1.54) is 25.0 Å². The van der Waals surface area contributed by atoms with Gasteiger partial charge in [0.2, 0.25) is 0 Å². The van der Waals surface area contributed by atoms with Crippen molar-refractivity contribution in [2.45, 2.75) is 31.6 Å². The van der Waals surface area contributed by atoms with Crippen LogP contribution in [0.1, 0.15) is 37.3 Å². The van der Waals surface area contributed by atoms with E-state index in [0.717, 1.165) is 24.6 Å². The van der Waals surface area contributed by atoms with Gasteiger partial charge in [-0.15, -0.1) is 0 Å². The van der Waals surface area contributed by atoms with Crippen molar-refractivity contribution >= 4 is 27.5 Å². The highest BCUT2D eigenvalue weighted by Gasteiger charge is 2.24. The SMILES string of the molecule is Oc1cc(F)cc(-c2nc(Cl)c(Br)c(C3CCCC3)n2)c1. The van der Waals surface area contributed by atoms with E-state index in [1.54, 1.807) is 0 Å². The molecule has 0 saturated heterocycles. The summed E-state index contributed by atoms with van der Waals surface area (Å²) in [4.78, 5) is 8.73. The van der Waals surface area contributed by atoms with Gasteiger partial charge in [0.1, 0.15) is 16.7 Å². The predicted molar refractivity (Wildman–Crippen MR) is 83.0 cm³/mol. The molecule has 6 heteroatoms. The number of phenols is 1. The van der Waals surface area contributed by atoms with Crippen molar-refractivity contribution in [1.82, 2.24) is 9.97 Å². The van der Waals surface area contributed by atoms with E-state index in [1.807, 2.05) is 0 Å². The Bertz CT molecular complexity index is 669. The molecule has 1 N–H and O–H groups in total. The van der Waals surface area contributed by atoms with Crippen molar-refractivity contribution in [3.8, 4) is 17.1 Å². The fourth-order valence-corrected chi connectivity index (χ4v) is 3.42. The highest BCUT2D eigenvalue weighted by Crippen LogP contribution is 2.39. The molecule has 2 aromatic rings. The summed E-state index contributed by atoms with van der Waals surface area (Å²) in [6, 6.07) is 3.76. The summed E-state index contributed by atoms with van der Waals surface area (Å²) in [5.74, 6) is -0.00852. The standard InChI is InChI=1S/C15H13BrClFN2O/c16-12-13(8-3-1-2-4-8)19-15(20-14(12)17)9-5-10(18)7-11(21)6-9/h5-8,21H,1-4H2. The fourth-order valence-electron chi connectivity index (χ4n) is 2.74. The van der Waals surface area contributed by atoms with Crippen LogP contribution in [0.25, 0.3) is 11.4 Å². The maximum Gasteiger partial charge on any atom is 0.161 e. The first-order valence-electron chi connectivity index (χ1n) is 6.77. The van der Waals surface area contributed by atoms with Crippen molar-refractivity contribution in [1.29, 1.82) is 0 Å². The Morgan fingerprint density at radius 1 is 1.19 bits per heavy atom. The molecule has 0 amide bonds. The molecule has 0 atom stereocenters. The van der Waals surface area contributed by atoms with Gasteiger partial charge in [0.05, 0.1) is 10.2 Å². The van der Waals surface area contributed by atoms with Gasteiger partial charge >= 0.3 is 0 Å². The minimum Gasteiger partial charge on any atom is -0.508 e. The molecule has 1 aliphatic carbocycles. The number of phenolic OH excluding ortho intramolecular Hbond substituents is 1. The summed E-state index contributed by atoms with van der Waals surface area (Å²) < 4.78 is 14.1. The van der Waals surface area contributed by atoms with Crippen LogP contribution in [0.5, 0.6) is 5.75 Å². The number of benzene rings is 1. The van der Waals surface area contributed by atoms with Gasteiger partial charge < -0.3 is 5.11 Å². The van der Waals surface area contributed by atoms with Crippen molar-refractivity contribution in [2.24, 2.45) is 0 Å². The van der Waals surface area contributed by atoms with Crippen molar-refractivity contribution < 1.29 is 9.50 Å². The first-order chi connectivity index (χ1) is 10.0. The summed E-state index contributed by atoms with van der Waals surface area (Å²) in [5.41, 5.74) is 1.28. The first-order valence-corrected chi connectivity index (χ1v) is 7.94. The number of halogens is 3. The molecule has 3 rings (SSSR count). The quantitative estimate of drug-likeness (QED) is 0.750. The Labute approximate surface area is 135 Å². The lowest BCUT2D eigenvalue weighted by atomic mass is 10.0. The number of nitrogens with zero attached hydrogens (tertiary/aromatic N) is 2. The van der Waals surface area contributed by atoms with E-state index >= 15 is 0 Å². The molecular formula is C15H13BrClFN2O. The molecule has 1 fully saturated rings. The van der Waals surface area contributed by atoms with Crippen molar-refractivity contribution in [3.63, 3.8) is 0 Å². The van der Waals surface area contributed by atoms with Crippen LogP contribution in [-0.2, 0) is 0 Å². The van der Waals surface area contributed by atoms with Crippen LogP contribution in [0.15, 0.2) is 22.7 Å². The first kappa shape index (κ1) is 14.7. The Balaban J connectivity index is 2.10. The molecule has 21 heavy (non-hydrogen) atoms. The molecule has 1 aromatic carbocycles. The van der Waals surface area contributed by atoms with Gasteiger partial charge in [-0.1, -0.05) is 24.4 Å². The predicted octanol–water partition coefficient (Wildman–Crippen LogP) is 5.06. The molecule has 0 aliphatic heterocycles. The fraction of sp³-hybridized carbons (Fsp3) is 0.333. The van der Waals surface area contributed by atoms with Gasteiger partial charge in [0, 0.05) is 17.5 Å². The van der Waals surface area contributed by atoms with Gasteiger partial charge in [0.15, 0.2) is 5.82 Å². The van der Waals surface area contributed by atoms with Crippen LogP contribution in [-0.4, -0.2) is 15.1 Å². The lowest BCUT2D eigenvalue weighted by Gasteiger charge is -2.13. The molecule has 0 spiro atoms. The summed E-state index contributed by atoms with van der Waals surface area (Å²) in [6.07, 6.45) is 4.49. The van der Waals surface area contributed by atoms with Crippen LogP contribution < -0.4 is 0 Å². The number of hydrogen-bond acceptors (Lipinski definition) is 3. The van der Waals surface area contributed by atoms with Crippen LogP contribution >= 0.6 is 27.5 Å². The van der Waals surface area contributed by atoms with Gasteiger partial charge in [-0.25, -0.2) is 14.4 Å².